The molecule has 1 fully saturated rings. The lowest BCUT2D eigenvalue weighted by atomic mass is 10.1. The first-order chi connectivity index (χ1) is 14.4. The second kappa shape index (κ2) is 8.64. The third-order valence-corrected chi connectivity index (χ3v) is 7.43. The molecule has 0 atom stereocenters. The van der Waals surface area contributed by atoms with Gasteiger partial charge in [0.05, 0.1) is 29.5 Å². The average Bonchev–Trinajstić information content (AvgIpc) is 3.45. The number of sulfonamides is 1. The molecule has 3 aromatic rings. The first-order valence-corrected chi connectivity index (χ1v) is 11.6. The number of nitrogens with one attached hydrogen (secondary N) is 1. The standard InChI is InChI=1S/C19H20N4O5S2/c1-13-4-5-14(30(25,26)23-6-8-27-9-7-23)11-15(13)19(24)20-12-17-21-18(22-28-17)16-3-2-10-29-16/h2-5,10-11H,6-9,12H2,1H3,(H,20,24). The largest absolute Gasteiger partial charge is 0.379 e. The lowest BCUT2D eigenvalue weighted by Crippen LogP contribution is -2.40. The molecular formula is C19H20N4O5S2. The second-order valence-corrected chi connectivity index (χ2v) is 9.55. The molecule has 158 valence electrons. The number of carbonyl (C=O) groups excluding carboxylic acids is 1. The fraction of sp³-hybridized carbons (Fsp3) is 0.316. The SMILES string of the molecule is Cc1ccc(S(=O)(=O)N2CCOCC2)cc1C(=O)NCc1nc(-c2cccs2)no1. The number of carbonyl (C=O) groups is 1. The van der Waals surface area contributed by atoms with E-state index in [1.54, 1.807) is 13.0 Å². The van der Waals surface area contributed by atoms with Gasteiger partial charge in [0.15, 0.2) is 0 Å². The number of benzene rings is 1. The summed E-state index contributed by atoms with van der Waals surface area (Å²) in [6, 6.07) is 8.31. The Morgan fingerprint density at radius 2 is 2.07 bits per heavy atom. The first kappa shape index (κ1) is 20.7. The van der Waals surface area contributed by atoms with Crippen molar-refractivity contribution in [3.63, 3.8) is 0 Å². The molecular weight excluding hydrogens is 428 g/mol. The number of nitrogens with zero attached hydrogens (tertiary/aromatic N) is 3. The summed E-state index contributed by atoms with van der Waals surface area (Å²) in [6.45, 7) is 3.09. The Morgan fingerprint density at radius 1 is 1.27 bits per heavy atom. The van der Waals surface area contributed by atoms with E-state index in [0.717, 1.165) is 4.88 Å². The number of hydrogen-bond acceptors (Lipinski definition) is 8. The Kier molecular flexibility index (Phi) is 5.95. The maximum absolute atomic E-state index is 12.9. The van der Waals surface area contributed by atoms with E-state index in [9.17, 15) is 13.2 Å². The summed E-state index contributed by atoms with van der Waals surface area (Å²) in [6.07, 6.45) is 0. The molecule has 1 amide bonds. The van der Waals surface area contributed by atoms with E-state index in [0.29, 0.717) is 37.7 Å². The predicted octanol–water partition coefficient (Wildman–Crippen LogP) is 2.06. The Balaban J connectivity index is 1.48. The molecule has 30 heavy (non-hydrogen) atoms. The molecule has 0 radical (unpaired) electrons. The van der Waals surface area contributed by atoms with E-state index in [1.807, 2.05) is 17.5 Å². The van der Waals surface area contributed by atoms with Crippen LogP contribution in [0.5, 0.6) is 0 Å². The van der Waals surface area contributed by atoms with Crippen molar-refractivity contribution in [3.05, 3.63) is 52.7 Å². The van der Waals surface area contributed by atoms with E-state index in [1.165, 1.54) is 27.8 Å². The summed E-state index contributed by atoms with van der Waals surface area (Å²) in [7, 11) is -3.69. The van der Waals surface area contributed by atoms with Crippen molar-refractivity contribution in [2.24, 2.45) is 0 Å². The van der Waals surface area contributed by atoms with Crippen molar-refractivity contribution in [3.8, 4) is 10.7 Å². The van der Waals surface area contributed by atoms with Crippen LogP contribution in [0.1, 0.15) is 21.8 Å². The van der Waals surface area contributed by atoms with E-state index in [2.05, 4.69) is 15.5 Å². The third kappa shape index (κ3) is 4.29. The maximum atomic E-state index is 12.9. The molecule has 1 N–H and O–H groups in total. The molecule has 1 aromatic carbocycles. The van der Waals surface area contributed by atoms with Gasteiger partial charge in [-0.3, -0.25) is 4.79 Å². The van der Waals surface area contributed by atoms with Crippen LogP contribution in [0.25, 0.3) is 10.7 Å². The zero-order valence-electron chi connectivity index (χ0n) is 16.2. The second-order valence-electron chi connectivity index (χ2n) is 6.66. The van der Waals surface area contributed by atoms with Gasteiger partial charge >= 0.3 is 0 Å². The van der Waals surface area contributed by atoms with E-state index in [4.69, 9.17) is 9.26 Å². The normalized spacial score (nSPS) is 15.2. The Labute approximate surface area is 177 Å². The molecule has 1 aliphatic heterocycles. The minimum atomic E-state index is -3.69. The van der Waals surface area contributed by atoms with Crippen LogP contribution in [0.2, 0.25) is 0 Å². The fourth-order valence-corrected chi connectivity index (χ4v) is 5.11. The van der Waals surface area contributed by atoms with Gasteiger partial charge in [-0.05, 0) is 36.1 Å². The molecule has 0 spiro atoms. The van der Waals surface area contributed by atoms with Gasteiger partial charge in [0.25, 0.3) is 5.91 Å². The summed E-state index contributed by atoms with van der Waals surface area (Å²) < 4.78 is 37.5. The topological polar surface area (TPSA) is 115 Å². The number of morpholine rings is 1. The van der Waals surface area contributed by atoms with Crippen LogP contribution in [0.3, 0.4) is 0 Å². The number of ether oxygens (including phenoxy) is 1. The molecule has 0 aliphatic carbocycles. The number of aromatic nitrogens is 2. The molecule has 9 nitrogen and oxygen atoms in total. The van der Waals surface area contributed by atoms with Gasteiger partial charge in [0.2, 0.25) is 21.7 Å². The van der Waals surface area contributed by atoms with Crippen LogP contribution < -0.4 is 5.32 Å². The van der Waals surface area contributed by atoms with Crippen molar-refractivity contribution < 1.29 is 22.5 Å². The summed E-state index contributed by atoms with van der Waals surface area (Å²) in [5, 5.41) is 8.53. The van der Waals surface area contributed by atoms with Gasteiger partial charge < -0.3 is 14.6 Å². The van der Waals surface area contributed by atoms with Crippen LogP contribution >= 0.6 is 11.3 Å². The van der Waals surface area contributed by atoms with Crippen LogP contribution in [-0.2, 0) is 21.3 Å². The molecule has 1 saturated heterocycles. The highest BCUT2D eigenvalue weighted by Crippen LogP contribution is 2.22. The summed E-state index contributed by atoms with van der Waals surface area (Å²) in [4.78, 5) is 17.9. The Morgan fingerprint density at radius 3 is 2.80 bits per heavy atom. The Hall–Kier alpha value is -2.60. The lowest BCUT2D eigenvalue weighted by Gasteiger charge is -2.26. The van der Waals surface area contributed by atoms with Crippen LogP contribution in [0.4, 0.5) is 0 Å². The number of thiophene rings is 1. The first-order valence-electron chi connectivity index (χ1n) is 9.28. The smallest absolute Gasteiger partial charge is 0.252 e. The van der Waals surface area contributed by atoms with Gasteiger partial charge in [-0.2, -0.15) is 9.29 Å². The predicted molar refractivity (Wildman–Crippen MR) is 110 cm³/mol. The van der Waals surface area contributed by atoms with Crippen molar-refractivity contribution in [1.82, 2.24) is 19.8 Å². The van der Waals surface area contributed by atoms with E-state index < -0.39 is 15.9 Å². The molecule has 0 saturated carbocycles. The highest BCUT2D eigenvalue weighted by molar-refractivity contribution is 7.89. The van der Waals surface area contributed by atoms with Crippen molar-refractivity contribution in [2.45, 2.75) is 18.4 Å². The number of amides is 1. The van der Waals surface area contributed by atoms with Crippen LogP contribution in [0, 0.1) is 6.92 Å². The van der Waals surface area contributed by atoms with Crippen molar-refractivity contribution in [2.75, 3.05) is 26.3 Å². The Bertz CT molecular complexity index is 1140. The summed E-state index contributed by atoms with van der Waals surface area (Å²) in [5.74, 6) is 0.313. The van der Waals surface area contributed by atoms with E-state index >= 15 is 0 Å². The van der Waals surface area contributed by atoms with Crippen LogP contribution in [0.15, 0.2) is 45.1 Å². The van der Waals surface area contributed by atoms with Gasteiger partial charge in [0.1, 0.15) is 0 Å². The zero-order chi connectivity index (χ0) is 21.1. The third-order valence-electron chi connectivity index (χ3n) is 4.67. The van der Waals surface area contributed by atoms with Crippen molar-refractivity contribution in [1.29, 1.82) is 0 Å². The van der Waals surface area contributed by atoms with Gasteiger partial charge in [-0.15, -0.1) is 11.3 Å². The monoisotopic (exact) mass is 448 g/mol. The van der Waals surface area contributed by atoms with Crippen molar-refractivity contribution >= 4 is 27.3 Å². The average molecular weight is 449 g/mol. The zero-order valence-corrected chi connectivity index (χ0v) is 17.8. The molecule has 3 heterocycles. The molecule has 11 heteroatoms. The lowest BCUT2D eigenvalue weighted by molar-refractivity contribution is 0.0730. The number of aryl methyl sites for hydroxylation is 1. The quantitative estimate of drug-likeness (QED) is 0.614. The van der Waals surface area contributed by atoms with Gasteiger partial charge in [-0.25, -0.2) is 8.42 Å². The molecule has 2 aromatic heterocycles. The molecule has 0 bridgehead atoms. The highest BCUT2D eigenvalue weighted by Gasteiger charge is 2.27. The summed E-state index contributed by atoms with van der Waals surface area (Å²) >= 11 is 1.49. The summed E-state index contributed by atoms with van der Waals surface area (Å²) in [5.41, 5.74) is 0.945. The van der Waals surface area contributed by atoms with E-state index in [-0.39, 0.29) is 22.9 Å². The van der Waals surface area contributed by atoms with Gasteiger partial charge in [-0.1, -0.05) is 17.3 Å². The molecule has 0 unspecified atom stereocenters. The minimum Gasteiger partial charge on any atom is -0.379 e. The number of rotatable bonds is 6. The minimum absolute atomic E-state index is 0.0388. The maximum Gasteiger partial charge on any atom is 0.252 e. The van der Waals surface area contributed by atoms with Gasteiger partial charge in [0, 0.05) is 18.7 Å². The highest BCUT2D eigenvalue weighted by atomic mass is 32.2. The molecule has 1 aliphatic rings. The van der Waals surface area contributed by atoms with Crippen LogP contribution in [-0.4, -0.2) is 55.1 Å². The molecule has 4 rings (SSSR count). The fourth-order valence-electron chi connectivity index (χ4n) is 3.03. The number of hydrogen-bond donors (Lipinski definition) is 1.